The van der Waals surface area contributed by atoms with Gasteiger partial charge >= 0.3 is 0 Å². The van der Waals surface area contributed by atoms with Crippen LogP contribution in [0.2, 0.25) is 5.15 Å². The molecule has 1 aromatic heterocycles. The first-order valence-electron chi connectivity index (χ1n) is 5.24. The maximum atomic E-state index is 10.9. The number of primary amides is 1. The summed E-state index contributed by atoms with van der Waals surface area (Å²) in [5, 5.41) is 0.00613. The van der Waals surface area contributed by atoms with Crippen molar-refractivity contribution in [3.63, 3.8) is 0 Å². The van der Waals surface area contributed by atoms with Gasteiger partial charge in [-0.2, -0.15) is 0 Å². The number of halogens is 1. The molecule has 6 nitrogen and oxygen atoms in total. The monoisotopic (exact) mass is 279 g/mol. The summed E-state index contributed by atoms with van der Waals surface area (Å²) in [6.45, 7) is 0. The Morgan fingerprint density at radius 1 is 1.37 bits per heavy atom. The topological polar surface area (TPSA) is 87.3 Å². The highest BCUT2D eigenvalue weighted by molar-refractivity contribution is 6.30. The van der Waals surface area contributed by atoms with Crippen LogP contribution in [0.15, 0.2) is 30.5 Å². The molecule has 0 spiro atoms. The van der Waals surface area contributed by atoms with Crippen molar-refractivity contribution in [2.24, 2.45) is 5.73 Å². The maximum Gasteiger partial charge on any atom is 0.286 e. The number of rotatable bonds is 4. The number of hydrogen-bond donors (Lipinski definition) is 1. The molecule has 98 valence electrons. The number of carbonyl (C=O) groups is 1. The summed E-state index contributed by atoms with van der Waals surface area (Å²) in [6.07, 6.45) is 1.29. The van der Waals surface area contributed by atoms with E-state index in [1.807, 2.05) is 0 Å². The van der Waals surface area contributed by atoms with E-state index in [2.05, 4.69) is 9.97 Å². The Morgan fingerprint density at radius 3 is 2.74 bits per heavy atom. The van der Waals surface area contributed by atoms with Gasteiger partial charge in [-0.3, -0.25) is 4.79 Å². The molecule has 0 bridgehead atoms. The smallest absolute Gasteiger partial charge is 0.286 e. The van der Waals surface area contributed by atoms with Gasteiger partial charge in [-0.1, -0.05) is 17.7 Å². The largest absolute Gasteiger partial charge is 0.497 e. The van der Waals surface area contributed by atoms with Crippen molar-refractivity contribution in [3.05, 3.63) is 41.4 Å². The second-order valence-corrected chi connectivity index (χ2v) is 3.85. The second kappa shape index (κ2) is 5.53. The molecule has 0 fully saturated rings. The molecule has 0 unspecified atom stereocenters. The molecule has 2 N–H and O–H groups in total. The van der Waals surface area contributed by atoms with Gasteiger partial charge in [0.05, 0.1) is 13.3 Å². The van der Waals surface area contributed by atoms with Gasteiger partial charge in [-0.25, -0.2) is 9.97 Å². The van der Waals surface area contributed by atoms with Gasteiger partial charge in [0.1, 0.15) is 11.5 Å². The van der Waals surface area contributed by atoms with Gasteiger partial charge in [0.2, 0.25) is 5.82 Å². The Bertz CT molecular complexity index is 619. The van der Waals surface area contributed by atoms with Gasteiger partial charge in [0.25, 0.3) is 5.91 Å². The number of methoxy groups -OCH3 is 1. The molecule has 2 aromatic rings. The van der Waals surface area contributed by atoms with Crippen molar-refractivity contribution < 1.29 is 14.3 Å². The first kappa shape index (κ1) is 13.1. The molecule has 1 amide bonds. The molecule has 0 aliphatic heterocycles. The minimum absolute atomic E-state index is 0.00613. The fourth-order valence-electron chi connectivity index (χ4n) is 1.33. The SMILES string of the molecule is COc1cccc(Oc2cnc(C(N)=O)nc2Cl)c1. The van der Waals surface area contributed by atoms with Gasteiger partial charge in [0, 0.05) is 6.07 Å². The second-order valence-electron chi connectivity index (χ2n) is 3.49. The van der Waals surface area contributed by atoms with Crippen molar-refractivity contribution >= 4 is 17.5 Å². The Balaban J connectivity index is 2.25. The molecule has 0 aliphatic rings. The molecule has 2 rings (SSSR count). The van der Waals surface area contributed by atoms with Crippen LogP contribution in [0.4, 0.5) is 0 Å². The van der Waals surface area contributed by atoms with E-state index in [0.717, 1.165) is 0 Å². The average Bonchev–Trinajstić information content (AvgIpc) is 2.41. The van der Waals surface area contributed by atoms with Crippen LogP contribution in [0.1, 0.15) is 10.6 Å². The van der Waals surface area contributed by atoms with E-state index >= 15 is 0 Å². The predicted octanol–water partition coefficient (Wildman–Crippen LogP) is 2.03. The Morgan fingerprint density at radius 2 is 2.11 bits per heavy atom. The predicted molar refractivity (Wildman–Crippen MR) is 68.6 cm³/mol. The summed E-state index contributed by atoms with van der Waals surface area (Å²) in [7, 11) is 1.55. The summed E-state index contributed by atoms with van der Waals surface area (Å²) in [6, 6.07) is 6.95. The fraction of sp³-hybridized carbons (Fsp3) is 0.0833. The van der Waals surface area contributed by atoms with E-state index in [4.69, 9.17) is 26.8 Å². The quantitative estimate of drug-likeness (QED) is 0.865. The van der Waals surface area contributed by atoms with E-state index < -0.39 is 5.91 Å². The highest BCUT2D eigenvalue weighted by Gasteiger charge is 2.11. The third-order valence-electron chi connectivity index (χ3n) is 2.20. The van der Waals surface area contributed by atoms with Crippen LogP contribution in [0.3, 0.4) is 0 Å². The Kier molecular flexibility index (Phi) is 3.82. The van der Waals surface area contributed by atoms with Crippen LogP contribution in [0.25, 0.3) is 0 Å². The lowest BCUT2D eigenvalue weighted by atomic mass is 10.3. The number of benzene rings is 1. The van der Waals surface area contributed by atoms with Crippen molar-refractivity contribution in [3.8, 4) is 17.2 Å². The molecule has 1 heterocycles. The summed E-state index contributed by atoms with van der Waals surface area (Å²) in [5.41, 5.74) is 5.04. The molecule has 0 saturated carbocycles. The normalized spacial score (nSPS) is 10.0. The van der Waals surface area contributed by atoms with Gasteiger partial charge < -0.3 is 15.2 Å². The fourth-order valence-corrected chi connectivity index (χ4v) is 1.50. The maximum absolute atomic E-state index is 10.9. The first-order chi connectivity index (χ1) is 9.10. The summed E-state index contributed by atoms with van der Waals surface area (Å²) < 4.78 is 10.6. The molecule has 7 heteroatoms. The van der Waals surface area contributed by atoms with Gasteiger partial charge in [-0.15, -0.1) is 0 Å². The minimum atomic E-state index is -0.755. The van der Waals surface area contributed by atoms with Crippen LogP contribution >= 0.6 is 11.6 Å². The molecule has 0 radical (unpaired) electrons. The lowest BCUT2D eigenvalue weighted by molar-refractivity contribution is 0.0990. The van der Waals surface area contributed by atoms with E-state index in [9.17, 15) is 4.79 Å². The Hall–Kier alpha value is -2.34. The van der Waals surface area contributed by atoms with Gasteiger partial charge in [0.15, 0.2) is 10.9 Å². The molecular formula is C12H10ClN3O3. The third kappa shape index (κ3) is 3.11. The van der Waals surface area contributed by atoms with Crippen molar-refractivity contribution in [2.45, 2.75) is 0 Å². The molecule has 0 aliphatic carbocycles. The highest BCUT2D eigenvalue weighted by Crippen LogP contribution is 2.28. The highest BCUT2D eigenvalue weighted by atomic mass is 35.5. The number of nitrogens with zero attached hydrogens (tertiary/aromatic N) is 2. The van der Waals surface area contributed by atoms with Crippen molar-refractivity contribution in [1.29, 1.82) is 0 Å². The van der Waals surface area contributed by atoms with Gasteiger partial charge in [-0.05, 0) is 12.1 Å². The molecule has 0 saturated heterocycles. The molecule has 19 heavy (non-hydrogen) atoms. The Labute approximate surface area is 114 Å². The number of aromatic nitrogens is 2. The molecule has 0 atom stereocenters. The van der Waals surface area contributed by atoms with E-state index in [-0.39, 0.29) is 16.7 Å². The molecule has 1 aromatic carbocycles. The van der Waals surface area contributed by atoms with Crippen LogP contribution in [-0.2, 0) is 0 Å². The minimum Gasteiger partial charge on any atom is -0.497 e. The van der Waals surface area contributed by atoms with E-state index in [0.29, 0.717) is 11.5 Å². The van der Waals surface area contributed by atoms with Crippen molar-refractivity contribution in [1.82, 2.24) is 9.97 Å². The lowest BCUT2D eigenvalue weighted by Crippen LogP contribution is -2.15. The zero-order chi connectivity index (χ0) is 13.8. The summed E-state index contributed by atoms with van der Waals surface area (Å²) in [4.78, 5) is 18.4. The number of hydrogen-bond acceptors (Lipinski definition) is 5. The van der Waals surface area contributed by atoms with Crippen molar-refractivity contribution in [2.75, 3.05) is 7.11 Å². The average molecular weight is 280 g/mol. The first-order valence-corrected chi connectivity index (χ1v) is 5.62. The standard InChI is InChI=1S/C12H10ClN3O3/c1-18-7-3-2-4-8(5-7)19-9-6-15-12(11(14)17)16-10(9)13/h2-6H,1H3,(H2,14,17). The summed E-state index contributed by atoms with van der Waals surface area (Å²) in [5.74, 6) is 0.456. The van der Waals surface area contributed by atoms with Crippen LogP contribution in [0.5, 0.6) is 17.2 Å². The lowest BCUT2D eigenvalue weighted by Gasteiger charge is -2.08. The number of ether oxygens (including phenoxy) is 2. The number of amides is 1. The zero-order valence-electron chi connectivity index (χ0n) is 9.96. The third-order valence-corrected chi connectivity index (χ3v) is 2.47. The molecular weight excluding hydrogens is 270 g/mol. The number of carbonyl (C=O) groups excluding carboxylic acids is 1. The van der Waals surface area contributed by atoms with E-state index in [1.54, 1.807) is 31.4 Å². The number of nitrogens with two attached hydrogens (primary N) is 1. The summed E-state index contributed by atoms with van der Waals surface area (Å²) >= 11 is 5.88. The van der Waals surface area contributed by atoms with Crippen LogP contribution in [-0.4, -0.2) is 23.0 Å². The zero-order valence-corrected chi connectivity index (χ0v) is 10.7. The van der Waals surface area contributed by atoms with Crippen LogP contribution in [0, 0.1) is 0 Å². The van der Waals surface area contributed by atoms with Crippen LogP contribution < -0.4 is 15.2 Å². The van der Waals surface area contributed by atoms with E-state index in [1.165, 1.54) is 6.20 Å².